The van der Waals surface area contributed by atoms with Crippen LogP contribution in [-0.2, 0) is 16.9 Å². The van der Waals surface area contributed by atoms with Crippen LogP contribution < -0.4 is 10.9 Å². The van der Waals surface area contributed by atoms with Crippen LogP contribution in [0.4, 0.5) is 5.69 Å². The molecule has 0 aliphatic rings. The molecule has 1 heterocycles. The molecule has 0 fully saturated rings. The minimum absolute atomic E-state index is 0.0170. The smallest absolute Gasteiger partial charge is 0.275 e. The molecule has 0 bridgehead atoms. The first-order valence-corrected chi connectivity index (χ1v) is 9.66. The van der Waals surface area contributed by atoms with Crippen molar-refractivity contribution in [3.63, 3.8) is 0 Å². The second-order valence-electron chi connectivity index (χ2n) is 8.33. The Morgan fingerprint density at radius 1 is 1.07 bits per heavy atom. The Kier molecular flexibility index (Phi) is 5.15. The van der Waals surface area contributed by atoms with E-state index in [2.05, 4.69) is 5.32 Å². The maximum atomic E-state index is 13.0. The molecule has 1 amide bonds. The lowest BCUT2D eigenvalue weighted by Gasteiger charge is -2.25. The minimum Gasteiger partial charge on any atom is -0.324 e. The summed E-state index contributed by atoms with van der Waals surface area (Å²) in [6.07, 6.45) is 0. The van der Waals surface area contributed by atoms with Crippen LogP contribution >= 0.6 is 11.6 Å². The van der Waals surface area contributed by atoms with Gasteiger partial charge in [-0.15, -0.1) is 0 Å². The quantitative estimate of drug-likeness (QED) is 0.689. The molecular weight excluding hydrogens is 374 g/mol. The van der Waals surface area contributed by atoms with Crippen molar-refractivity contribution < 1.29 is 4.79 Å². The normalized spacial score (nSPS) is 11.8. The molecular formula is C22H26ClN3O2. The number of carbonyl (C=O) groups excluding carboxylic acids is 1. The molecule has 28 heavy (non-hydrogen) atoms. The number of carbonyl (C=O) groups is 1. The van der Waals surface area contributed by atoms with Gasteiger partial charge in [0, 0.05) is 10.7 Å². The van der Waals surface area contributed by atoms with E-state index >= 15 is 0 Å². The fourth-order valence-corrected chi connectivity index (χ4v) is 3.91. The van der Waals surface area contributed by atoms with Crippen LogP contribution in [0.3, 0.4) is 0 Å². The van der Waals surface area contributed by atoms with E-state index in [1.54, 1.807) is 27.6 Å². The third-order valence-corrected chi connectivity index (χ3v) is 5.01. The Morgan fingerprint density at radius 3 is 2.25 bits per heavy atom. The van der Waals surface area contributed by atoms with E-state index in [0.29, 0.717) is 15.9 Å². The van der Waals surface area contributed by atoms with Crippen LogP contribution in [0.1, 0.15) is 37.5 Å². The van der Waals surface area contributed by atoms with Gasteiger partial charge in [0.2, 0.25) is 5.91 Å². The first kappa shape index (κ1) is 20.2. The highest BCUT2D eigenvalue weighted by atomic mass is 35.5. The Bertz CT molecular complexity index is 1110. The molecule has 0 aliphatic carbocycles. The summed E-state index contributed by atoms with van der Waals surface area (Å²) in [4.78, 5) is 25.9. The van der Waals surface area contributed by atoms with Gasteiger partial charge in [0.05, 0.1) is 16.4 Å². The van der Waals surface area contributed by atoms with Gasteiger partial charge in [-0.1, -0.05) is 29.3 Å². The standard InChI is InChI=1S/C22H26ClN3O2/c1-13-9-14(2)20(15(3)10-13)24-19(27)12-25-18-11-16(23)7-8-17(18)21(28)26(25)22(4,5)6/h7-11H,12H2,1-6H3,(H,24,27). The summed E-state index contributed by atoms with van der Waals surface area (Å²) in [5, 5.41) is 4.09. The number of nitrogens with zero attached hydrogens (tertiary/aromatic N) is 2. The van der Waals surface area contributed by atoms with Gasteiger partial charge >= 0.3 is 0 Å². The minimum atomic E-state index is -0.488. The molecule has 3 rings (SSSR count). The molecule has 0 saturated carbocycles. The number of hydrogen-bond acceptors (Lipinski definition) is 2. The Hall–Kier alpha value is -2.53. The molecule has 5 nitrogen and oxygen atoms in total. The number of amides is 1. The van der Waals surface area contributed by atoms with Crippen molar-refractivity contribution in [2.75, 3.05) is 5.32 Å². The topological polar surface area (TPSA) is 56.0 Å². The molecule has 148 valence electrons. The van der Waals surface area contributed by atoms with Gasteiger partial charge in [0.1, 0.15) is 6.54 Å². The fourth-order valence-electron chi connectivity index (χ4n) is 3.75. The molecule has 0 spiro atoms. The van der Waals surface area contributed by atoms with Crippen molar-refractivity contribution in [2.24, 2.45) is 0 Å². The highest BCUT2D eigenvalue weighted by Gasteiger charge is 2.24. The average Bonchev–Trinajstić information content (AvgIpc) is 2.82. The van der Waals surface area contributed by atoms with Crippen molar-refractivity contribution in [3.05, 3.63) is 62.4 Å². The van der Waals surface area contributed by atoms with Gasteiger partial charge in [-0.25, -0.2) is 4.68 Å². The van der Waals surface area contributed by atoms with Gasteiger partial charge in [-0.3, -0.25) is 14.3 Å². The van der Waals surface area contributed by atoms with Crippen molar-refractivity contribution in [3.8, 4) is 0 Å². The van der Waals surface area contributed by atoms with E-state index in [1.165, 1.54) is 0 Å². The predicted octanol–water partition coefficient (Wildman–Crippen LogP) is 4.78. The highest BCUT2D eigenvalue weighted by molar-refractivity contribution is 6.31. The van der Waals surface area contributed by atoms with Gasteiger partial charge in [-0.05, 0) is 70.9 Å². The predicted molar refractivity (Wildman–Crippen MR) is 115 cm³/mol. The van der Waals surface area contributed by atoms with E-state index < -0.39 is 5.54 Å². The lowest BCUT2D eigenvalue weighted by molar-refractivity contribution is -0.117. The summed E-state index contributed by atoms with van der Waals surface area (Å²) in [6.45, 7) is 11.8. The van der Waals surface area contributed by atoms with E-state index in [0.717, 1.165) is 22.4 Å². The van der Waals surface area contributed by atoms with Crippen LogP contribution in [0.25, 0.3) is 10.9 Å². The van der Waals surface area contributed by atoms with Gasteiger partial charge in [0.15, 0.2) is 0 Å². The summed E-state index contributed by atoms with van der Waals surface area (Å²) in [5.74, 6) is -0.190. The molecule has 2 aromatic carbocycles. The summed E-state index contributed by atoms with van der Waals surface area (Å²) in [7, 11) is 0. The van der Waals surface area contributed by atoms with Crippen molar-refractivity contribution in [1.29, 1.82) is 0 Å². The summed E-state index contributed by atoms with van der Waals surface area (Å²) in [5.41, 5.74) is 4.03. The maximum Gasteiger partial charge on any atom is 0.275 e. The molecule has 0 radical (unpaired) electrons. The van der Waals surface area contributed by atoms with Crippen LogP contribution in [-0.4, -0.2) is 15.3 Å². The number of halogens is 1. The number of hydrogen-bond donors (Lipinski definition) is 1. The third kappa shape index (κ3) is 3.72. The molecule has 6 heteroatoms. The first-order valence-electron chi connectivity index (χ1n) is 9.28. The Labute approximate surface area is 169 Å². The largest absolute Gasteiger partial charge is 0.324 e. The Morgan fingerprint density at radius 2 is 1.68 bits per heavy atom. The second kappa shape index (κ2) is 7.13. The molecule has 0 aliphatic heterocycles. The van der Waals surface area contributed by atoms with Crippen molar-refractivity contribution in [1.82, 2.24) is 9.36 Å². The molecule has 3 aromatic rings. The number of fused-ring (bicyclic) bond motifs is 1. The van der Waals surface area contributed by atoms with Crippen molar-refractivity contribution in [2.45, 2.75) is 53.6 Å². The van der Waals surface area contributed by atoms with E-state index in [9.17, 15) is 9.59 Å². The van der Waals surface area contributed by atoms with Crippen LogP contribution in [0.15, 0.2) is 35.1 Å². The number of anilines is 1. The molecule has 0 atom stereocenters. The fraction of sp³-hybridized carbons (Fsp3) is 0.364. The van der Waals surface area contributed by atoms with E-state index in [4.69, 9.17) is 11.6 Å². The van der Waals surface area contributed by atoms with Crippen LogP contribution in [0.2, 0.25) is 5.02 Å². The molecule has 1 N–H and O–H groups in total. The first-order chi connectivity index (χ1) is 13.0. The van der Waals surface area contributed by atoms with Crippen LogP contribution in [0, 0.1) is 20.8 Å². The number of benzene rings is 2. The summed E-state index contributed by atoms with van der Waals surface area (Å²) in [6, 6.07) is 9.22. The number of aromatic nitrogens is 2. The highest BCUT2D eigenvalue weighted by Crippen LogP contribution is 2.24. The zero-order valence-electron chi connectivity index (χ0n) is 17.2. The third-order valence-electron chi connectivity index (χ3n) is 4.77. The number of aryl methyl sites for hydroxylation is 3. The second-order valence-corrected chi connectivity index (χ2v) is 8.77. The zero-order chi connectivity index (χ0) is 20.8. The average molecular weight is 400 g/mol. The van der Waals surface area contributed by atoms with Gasteiger partial charge in [-0.2, -0.15) is 0 Å². The summed E-state index contributed by atoms with van der Waals surface area (Å²) < 4.78 is 3.35. The SMILES string of the molecule is Cc1cc(C)c(NC(=O)Cn2c3cc(Cl)ccc3c(=O)n2C(C)(C)C)c(C)c1. The maximum absolute atomic E-state index is 13.0. The lowest BCUT2D eigenvalue weighted by atomic mass is 10.1. The zero-order valence-corrected chi connectivity index (χ0v) is 17.9. The van der Waals surface area contributed by atoms with Crippen LogP contribution in [0.5, 0.6) is 0 Å². The monoisotopic (exact) mass is 399 g/mol. The molecule has 0 saturated heterocycles. The number of nitrogens with one attached hydrogen (secondary N) is 1. The lowest BCUT2D eigenvalue weighted by Crippen LogP contribution is -2.38. The Balaban J connectivity index is 2.06. The van der Waals surface area contributed by atoms with E-state index in [1.807, 2.05) is 53.7 Å². The van der Waals surface area contributed by atoms with Gasteiger partial charge < -0.3 is 5.32 Å². The summed E-state index contributed by atoms with van der Waals surface area (Å²) >= 11 is 6.16. The van der Waals surface area contributed by atoms with E-state index in [-0.39, 0.29) is 18.0 Å². The van der Waals surface area contributed by atoms with Crippen molar-refractivity contribution >= 4 is 34.1 Å². The number of rotatable bonds is 3. The van der Waals surface area contributed by atoms with Gasteiger partial charge in [0.25, 0.3) is 5.56 Å². The molecule has 0 unspecified atom stereocenters. The molecule has 1 aromatic heterocycles.